The molecule has 22 heavy (non-hydrogen) atoms. The van der Waals surface area contributed by atoms with Gasteiger partial charge in [-0.15, -0.1) is 0 Å². The van der Waals surface area contributed by atoms with Crippen LogP contribution in [0.1, 0.15) is 5.56 Å². The fourth-order valence-electron chi connectivity index (χ4n) is 1.64. The van der Waals surface area contributed by atoms with Gasteiger partial charge in [-0.05, 0) is 36.8 Å². The fourth-order valence-corrected chi connectivity index (χ4v) is 2.91. The number of halogens is 2. The molecule has 0 amide bonds. The molecule has 2 rings (SSSR count). The summed E-state index contributed by atoms with van der Waals surface area (Å²) in [5.41, 5.74) is -0.00257. The summed E-state index contributed by atoms with van der Waals surface area (Å²) in [4.78, 5) is 9.82. The number of aryl methyl sites for hydroxylation is 1. The second kappa shape index (κ2) is 6.01. The summed E-state index contributed by atoms with van der Waals surface area (Å²) >= 11 is 3.23. The van der Waals surface area contributed by atoms with Crippen LogP contribution < -0.4 is 4.18 Å². The first-order chi connectivity index (χ1) is 10.2. The third kappa shape index (κ3) is 3.42. The van der Waals surface area contributed by atoms with Crippen LogP contribution in [0.15, 0.2) is 45.8 Å². The van der Waals surface area contributed by atoms with Gasteiger partial charge in [0.05, 0.1) is 4.92 Å². The highest BCUT2D eigenvalue weighted by Gasteiger charge is 2.24. The Labute approximate surface area is 133 Å². The summed E-state index contributed by atoms with van der Waals surface area (Å²) in [6.45, 7) is 1.67. The van der Waals surface area contributed by atoms with Gasteiger partial charge in [0.15, 0.2) is 0 Å². The van der Waals surface area contributed by atoms with Crippen LogP contribution in [0.25, 0.3) is 0 Å². The van der Waals surface area contributed by atoms with E-state index in [0.717, 1.165) is 12.1 Å². The zero-order chi connectivity index (χ0) is 16.5. The van der Waals surface area contributed by atoms with Gasteiger partial charge in [-0.25, -0.2) is 4.39 Å². The van der Waals surface area contributed by atoms with E-state index in [1.54, 1.807) is 6.92 Å². The quantitative estimate of drug-likeness (QED) is 0.453. The van der Waals surface area contributed by atoms with Gasteiger partial charge in [-0.2, -0.15) is 8.42 Å². The fraction of sp³-hybridized carbons (Fsp3) is 0.0769. The Morgan fingerprint density at radius 1 is 1.23 bits per heavy atom. The minimum atomic E-state index is -4.32. The van der Waals surface area contributed by atoms with E-state index < -0.39 is 32.3 Å². The lowest BCUT2D eigenvalue weighted by Gasteiger charge is -2.08. The molecule has 0 bridgehead atoms. The molecule has 2 aromatic carbocycles. The lowest BCUT2D eigenvalue weighted by atomic mass is 10.2. The maximum Gasteiger partial charge on any atom is 0.339 e. The molecule has 0 saturated carbocycles. The smallest absolute Gasteiger partial charge is 0.339 e. The van der Waals surface area contributed by atoms with Gasteiger partial charge >= 0.3 is 15.8 Å². The van der Waals surface area contributed by atoms with Crippen molar-refractivity contribution >= 4 is 31.7 Å². The molecule has 116 valence electrons. The average Bonchev–Trinajstić information content (AvgIpc) is 2.41. The molecular formula is C13H9BrFNO5S. The van der Waals surface area contributed by atoms with E-state index in [4.69, 9.17) is 4.18 Å². The molecule has 0 saturated heterocycles. The van der Waals surface area contributed by atoms with Gasteiger partial charge in [0.2, 0.25) is 5.75 Å². The number of nitro groups is 1. The van der Waals surface area contributed by atoms with Gasteiger partial charge in [0.25, 0.3) is 0 Å². The number of nitrogens with zero attached hydrogens (tertiary/aromatic N) is 1. The summed E-state index contributed by atoms with van der Waals surface area (Å²) in [5.74, 6) is -1.52. The van der Waals surface area contributed by atoms with Gasteiger partial charge in [0, 0.05) is 16.6 Å². The summed E-state index contributed by atoms with van der Waals surface area (Å²) in [6.07, 6.45) is 0. The van der Waals surface area contributed by atoms with Crippen molar-refractivity contribution in [2.75, 3.05) is 0 Å². The third-order valence-electron chi connectivity index (χ3n) is 2.74. The number of benzene rings is 2. The minimum absolute atomic E-state index is 0.188. The molecule has 0 aliphatic rings. The first-order valence-corrected chi connectivity index (χ1v) is 8.05. The highest BCUT2D eigenvalue weighted by atomic mass is 79.9. The van der Waals surface area contributed by atoms with E-state index in [0.29, 0.717) is 16.1 Å². The summed E-state index contributed by atoms with van der Waals surface area (Å²) in [5, 5.41) is 10.9. The van der Waals surface area contributed by atoms with Crippen molar-refractivity contribution in [1.29, 1.82) is 0 Å². The Morgan fingerprint density at radius 2 is 1.91 bits per heavy atom. The standard InChI is InChI=1S/C13H9BrFNO5S/c1-8-6-10(3-4-11(8)14)22(19,20)21-13-7-9(15)2-5-12(13)16(17)18/h2-7H,1H3. The highest BCUT2D eigenvalue weighted by molar-refractivity contribution is 9.10. The van der Waals surface area contributed by atoms with Crippen LogP contribution in [-0.4, -0.2) is 13.3 Å². The molecule has 0 atom stereocenters. The van der Waals surface area contributed by atoms with Gasteiger partial charge in [-0.1, -0.05) is 15.9 Å². The molecule has 0 aliphatic carbocycles. The Bertz CT molecular complexity index is 854. The van der Waals surface area contributed by atoms with E-state index in [1.165, 1.54) is 18.2 Å². The first kappa shape index (κ1) is 16.4. The van der Waals surface area contributed by atoms with Crippen molar-refractivity contribution in [3.05, 3.63) is 62.4 Å². The Kier molecular flexibility index (Phi) is 4.47. The second-order valence-corrected chi connectivity index (χ2v) is 6.72. The predicted molar refractivity (Wildman–Crippen MR) is 79.7 cm³/mol. The number of rotatable bonds is 4. The van der Waals surface area contributed by atoms with Gasteiger partial charge in [-0.3, -0.25) is 10.1 Å². The van der Waals surface area contributed by atoms with Crippen molar-refractivity contribution in [3.63, 3.8) is 0 Å². The van der Waals surface area contributed by atoms with Crippen LogP contribution in [0.5, 0.6) is 5.75 Å². The molecule has 0 N–H and O–H groups in total. The average molecular weight is 390 g/mol. The SMILES string of the molecule is Cc1cc(S(=O)(=O)Oc2cc(F)ccc2[N+](=O)[O-])ccc1Br. The Morgan fingerprint density at radius 3 is 2.50 bits per heavy atom. The third-order valence-corrected chi connectivity index (χ3v) is 4.86. The van der Waals surface area contributed by atoms with Crippen LogP contribution in [-0.2, 0) is 10.1 Å². The summed E-state index contributed by atoms with van der Waals surface area (Å²) in [6, 6.07) is 6.46. The second-order valence-electron chi connectivity index (χ2n) is 4.32. The van der Waals surface area contributed by atoms with Crippen LogP contribution in [0.2, 0.25) is 0 Å². The van der Waals surface area contributed by atoms with Crippen molar-refractivity contribution in [1.82, 2.24) is 0 Å². The molecule has 0 heterocycles. The molecular weight excluding hydrogens is 381 g/mol. The van der Waals surface area contributed by atoms with Crippen molar-refractivity contribution in [2.45, 2.75) is 11.8 Å². The van der Waals surface area contributed by atoms with E-state index in [9.17, 15) is 22.9 Å². The molecule has 0 aliphatic heterocycles. The predicted octanol–water partition coefficient (Wildman–Crippen LogP) is 3.57. The minimum Gasteiger partial charge on any atom is -0.371 e. The van der Waals surface area contributed by atoms with Crippen LogP contribution >= 0.6 is 15.9 Å². The molecule has 6 nitrogen and oxygen atoms in total. The number of hydrogen-bond acceptors (Lipinski definition) is 5. The normalized spacial score (nSPS) is 11.2. The molecule has 2 aromatic rings. The van der Waals surface area contributed by atoms with E-state index >= 15 is 0 Å². The zero-order valence-corrected chi connectivity index (χ0v) is 13.5. The lowest BCUT2D eigenvalue weighted by molar-refractivity contribution is -0.385. The molecule has 0 fully saturated rings. The zero-order valence-electron chi connectivity index (χ0n) is 11.1. The molecule has 0 unspecified atom stereocenters. The van der Waals surface area contributed by atoms with Crippen LogP contribution in [0.3, 0.4) is 0 Å². The topological polar surface area (TPSA) is 86.5 Å². The molecule has 0 aromatic heterocycles. The van der Waals surface area contributed by atoms with Gasteiger partial charge < -0.3 is 4.18 Å². The summed E-state index contributed by atoms with van der Waals surface area (Å²) in [7, 11) is -4.32. The highest BCUT2D eigenvalue weighted by Crippen LogP contribution is 2.31. The lowest BCUT2D eigenvalue weighted by Crippen LogP contribution is -2.11. The van der Waals surface area contributed by atoms with Crippen molar-refractivity contribution < 1.29 is 21.9 Å². The van der Waals surface area contributed by atoms with Crippen LogP contribution in [0.4, 0.5) is 10.1 Å². The molecule has 0 spiro atoms. The van der Waals surface area contributed by atoms with E-state index in [2.05, 4.69) is 15.9 Å². The number of nitro benzene ring substituents is 1. The Balaban J connectivity index is 2.47. The number of hydrogen-bond donors (Lipinski definition) is 0. The molecule has 0 radical (unpaired) electrons. The monoisotopic (exact) mass is 389 g/mol. The van der Waals surface area contributed by atoms with E-state index in [1.807, 2.05) is 0 Å². The molecule has 9 heteroatoms. The summed E-state index contributed by atoms with van der Waals surface area (Å²) < 4.78 is 43.0. The maximum atomic E-state index is 13.2. The van der Waals surface area contributed by atoms with Crippen LogP contribution in [0, 0.1) is 22.9 Å². The first-order valence-electron chi connectivity index (χ1n) is 5.85. The largest absolute Gasteiger partial charge is 0.371 e. The maximum absolute atomic E-state index is 13.2. The van der Waals surface area contributed by atoms with E-state index in [-0.39, 0.29) is 4.90 Å². The van der Waals surface area contributed by atoms with Gasteiger partial charge in [0.1, 0.15) is 10.7 Å². The van der Waals surface area contributed by atoms with Crippen molar-refractivity contribution in [2.24, 2.45) is 0 Å². The van der Waals surface area contributed by atoms with Crippen molar-refractivity contribution in [3.8, 4) is 5.75 Å². The Hall–Kier alpha value is -2.00.